The average molecular weight is 393 g/mol. The fraction of sp³-hybridized carbons (Fsp3) is 0.455. The molecule has 7 heteroatoms. The zero-order valence-corrected chi connectivity index (χ0v) is 17.4. The highest BCUT2D eigenvalue weighted by Crippen LogP contribution is 2.22. The molecule has 0 bridgehead atoms. The first-order valence-corrected chi connectivity index (χ1v) is 10.2. The van der Waals surface area contributed by atoms with E-state index in [1.807, 2.05) is 48.8 Å². The maximum Gasteiger partial charge on any atom is 0.227 e. The summed E-state index contributed by atoms with van der Waals surface area (Å²) in [5.41, 5.74) is 3.35. The summed E-state index contributed by atoms with van der Waals surface area (Å²) in [7, 11) is 3.89. The Labute approximate surface area is 171 Å². The van der Waals surface area contributed by atoms with Gasteiger partial charge in [0, 0.05) is 33.6 Å². The molecule has 1 aliphatic heterocycles. The molecule has 3 aromatic rings. The van der Waals surface area contributed by atoms with Crippen molar-refractivity contribution >= 4 is 5.91 Å². The molecule has 1 aliphatic rings. The number of hydrogen-bond acceptors (Lipinski definition) is 4. The normalized spacial score (nSPS) is 15.9. The minimum absolute atomic E-state index is 0.0155. The van der Waals surface area contributed by atoms with Crippen molar-refractivity contribution in [3.8, 4) is 11.3 Å². The number of carbonyl (C=O) groups is 1. The minimum atomic E-state index is 0.0155. The van der Waals surface area contributed by atoms with Crippen LogP contribution in [0, 0.1) is 12.8 Å². The molecule has 0 radical (unpaired) electrons. The fourth-order valence-corrected chi connectivity index (χ4v) is 4.11. The van der Waals surface area contributed by atoms with Gasteiger partial charge in [-0.15, -0.1) is 10.2 Å². The Balaban J connectivity index is 1.31. The Morgan fingerprint density at radius 3 is 2.83 bits per heavy atom. The number of aromatic nitrogens is 5. The summed E-state index contributed by atoms with van der Waals surface area (Å²) in [5.74, 6) is 2.12. The molecule has 2 aromatic heterocycles. The third-order valence-electron chi connectivity index (χ3n) is 5.78. The molecule has 1 aromatic carbocycles. The number of hydrogen-bond donors (Lipinski definition) is 0. The van der Waals surface area contributed by atoms with Crippen molar-refractivity contribution in [3.63, 3.8) is 0 Å². The summed E-state index contributed by atoms with van der Waals surface area (Å²) in [6.45, 7) is 3.38. The van der Waals surface area contributed by atoms with Gasteiger partial charge in [-0.05, 0) is 37.8 Å². The van der Waals surface area contributed by atoms with Crippen molar-refractivity contribution in [1.29, 1.82) is 0 Å². The van der Waals surface area contributed by atoms with Crippen molar-refractivity contribution in [2.45, 2.75) is 39.2 Å². The van der Waals surface area contributed by atoms with Gasteiger partial charge in [0.25, 0.3) is 0 Å². The van der Waals surface area contributed by atoms with Crippen molar-refractivity contribution in [3.05, 3.63) is 53.7 Å². The molecular weight excluding hydrogens is 364 g/mol. The number of amides is 1. The van der Waals surface area contributed by atoms with E-state index in [1.54, 1.807) is 0 Å². The lowest BCUT2D eigenvalue weighted by Crippen LogP contribution is -2.38. The third kappa shape index (κ3) is 4.09. The van der Waals surface area contributed by atoms with Crippen LogP contribution < -0.4 is 0 Å². The number of nitrogens with zero attached hydrogens (tertiary/aromatic N) is 6. The van der Waals surface area contributed by atoms with Crippen LogP contribution in [0.25, 0.3) is 11.3 Å². The number of carbonyl (C=O) groups excluding carboxylic acids is 1. The van der Waals surface area contributed by atoms with Crippen molar-refractivity contribution in [1.82, 2.24) is 29.4 Å². The largest absolute Gasteiger partial charge is 0.345 e. The van der Waals surface area contributed by atoms with Crippen molar-refractivity contribution in [2.75, 3.05) is 13.6 Å². The molecular formula is C22H28N6O. The quantitative estimate of drug-likeness (QED) is 0.647. The molecule has 0 saturated carbocycles. The smallest absolute Gasteiger partial charge is 0.227 e. The van der Waals surface area contributed by atoms with Gasteiger partial charge in [-0.25, -0.2) is 0 Å². The molecule has 7 nitrogen and oxygen atoms in total. The summed E-state index contributed by atoms with van der Waals surface area (Å²) in [6, 6.07) is 12.4. The molecule has 1 amide bonds. The molecule has 4 rings (SSSR count). The van der Waals surface area contributed by atoms with Gasteiger partial charge in [0.2, 0.25) is 5.91 Å². The van der Waals surface area contributed by atoms with E-state index in [4.69, 9.17) is 0 Å². The highest BCUT2D eigenvalue weighted by Gasteiger charge is 2.28. The standard InChI is InChI=1S/C22H28N6O/c1-16-23-24-21-12-11-18(15-28(16)21)22(29)26(2)13-7-10-19-14-20(27(3)25-19)17-8-5-4-6-9-17/h4-6,8-9,14,18H,7,10-13,15H2,1-3H3/t18-/m1/s1. The van der Waals surface area contributed by atoms with Gasteiger partial charge in [0.15, 0.2) is 0 Å². The summed E-state index contributed by atoms with van der Waals surface area (Å²) < 4.78 is 4.01. The van der Waals surface area contributed by atoms with Crippen LogP contribution in [0.15, 0.2) is 36.4 Å². The summed E-state index contributed by atoms with van der Waals surface area (Å²) in [5, 5.41) is 13.0. The Hall–Kier alpha value is -2.96. The zero-order valence-electron chi connectivity index (χ0n) is 17.4. The van der Waals surface area contributed by atoms with Crippen LogP contribution in [0.5, 0.6) is 0 Å². The maximum absolute atomic E-state index is 12.9. The zero-order chi connectivity index (χ0) is 20.4. The molecule has 29 heavy (non-hydrogen) atoms. The van der Waals surface area contributed by atoms with Gasteiger partial charge >= 0.3 is 0 Å². The van der Waals surface area contributed by atoms with E-state index in [0.29, 0.717) is 6.54 Å². The molecule has 0 N–H and O–H groups in total. The topological polar surface area (TPSA) is 68.8 Å². The molecule has 152 valence electrons. The van der Waals surface area contributed by atoms with Gasteiger partial charge < -0.3 is 9.47 Å². The Morgan fingerprint density at radius 2 is 2.03 bits per heavy atom. The van der Waals surface area contributed by atoms with E-state index >= 15 is 0 Å². The third-order valence-corrected chi connectivity index (χ3v) is 5.78. The Kier molecular flexibility index (Phi) is 5.47. The number of benzene rings is 1. The molecule has 1 atom stereocenters. The molecule has 0 fully saturated rings. The van der Waals surface area contributed by atoms with Crippen LogP contribution in [0.2, 0.25) is 0 Å². The van der Waals surface area contributed by atoms with E-state index in [0.717, 1.165) is 55.3 Å². The summed E-state index contributed by atoms with van der Waals surface area (Å²) in [6.07, 6.45) is 3.43. The molecule has 0 unspecified atom stereocenters. The number of fused-ring (bicyclic) bond motifs is 1. The van der Waals surface area contributed by atoms with Gasteiger partial charge in [-0.2, -0.15) is 5.10 Å². The van der Waals surface area contributed by atoms with Crippen LogP contribution in [0.3, 0.4) is 0 Å². The first-order valence-electron chi connectivity index (χ1n) is 10.2. The lowest BCUT2D eigenvalue weighted by Gasteiger charge is -2.27. The Morgan fingerprint density at radius 1 is 1.24 bits per heavy atom. The van der Waals surface area contributed by atoms with E-state index in [9.17, 15) is 4.79 Å². The summed E-state index contributed by atoms with van der Waals surface area (Å²) in [4.78, 5) is 14.8. The Bertz CT molecular complexity index is 990. The van der Waals surface area contributed by atoms with Crippen molar-refractivity contribution in [2.24, 2.45) is 13.0 Å². The van der Waals surface area contributed by atoms with E-state index in [1.165, 1.54) is 5.56 Å². The second-order valence-electron chi connectivity index (χ2n) is 7.88. The van der Waals surface area contributed by atoms with E-state index in [2.05, 4.69) is 38.1 Å². The fourth-order valence-electron chi connectivity index (χ4n) is 4.11. The van der Waals surface area contributed by atoms with Gasteiger partial charge in [0.05, 0.1) is 17.3 Å². The van der Waals surface area contributed by atoms with E-state index in [-0.39, 0.29) is 11.8 Å². The second-order valence-corrected chi connectivity index (χ2v) is 7.88. The van der Waals surface area contributed by atoms with Crippen LogP contribution >= 0.6 is 0 Å². The SMILES string of the molecule is Cc1nnc2n1C[C@H](C(=O)N(C)CCCc1cc(-c3ccccc3)n(C)n1)CC2. The number of rotatable bonds is 6. The molecule has 0 aliphatic carbocycles. The number of aryl methyl sites for hydroxylation is 4. The average Bonchev–Trinajstić information content (AvgIpc) is 3.30. The molecule has 3 heterocycles. The highest BCUT2D eigenvalue weighted by atomic mass is 16.2. The minimum Gasteiger partial charge on any atom is -0.345 e. The highest BCUT2D eigenvalue weighted by molar-refractivity contribution is 5.78. The predicted molar refractivity (Wildman–Crippen MR) is 111 cm³/mol. The predicted octanol–water partition coefficient (Wildman–Crippen LogP) is 2.64. The lowest BCUT2D eigenvalue weighted by atomic mass is 9.97. The van der Waals surface area contributed by atoms with E-state index < -0.39 is 0 Å². The van der Waals surface area contributed by atoms with Crippen LogP contribution in [-0.2, 0) is 31.2 Å². The first kappa shape index (κ1) is 19.4. The van der Waals surface area contributed by atoms with Crippen molar-refractivity contribution < 1.29 is 4.79 Å². The maximum atomic E-state index is 12.9. The van der Waals surface area contributed by atoms with Crippen LogP contribution in [0.1, 0.15) is 30.2 Å². The van der Waals surface area contributed by atoms with Crippen LogP contribution in [0.4, 0.5) is 0 Å². The lowest BCUT2D eigenvalue weighted by molar-refractivity contribution is -0.135. The second kappa shape index (κ2) is 8.19. The molecule has 0 saturated heterocycles. The molecule has 0 spiro atoms. The monoisotopic (exact) mass is 392 g/mol. The van der Waals surface area contributed by atoms with Gasteiger partial charge in [-0.1, -0.05) is 30.3 Å². The first-order chi connectivity index (χ1) is 14.0. The van der Waals surface area contributed by atoms with Crippen LogP contribution in [-0.4, -0.2) is 48.9 Å². The van der Waals surface area contributed by atoms with Gasteiger partial charge in [-0.3, -0.25) is 9.48 Å². The summed E-state index contributed by atoms with van der Waals surface area (Å²) >= 11 is 0. The van der Waals surface area contributed by atoms with Gasteiger partial charge in [0.1, 0.15) is 11.6 Å².